The van der Waals surface area contributed by atoms with Gasteiger partial charge < -0.3 is 19.8 Å². The van der Waals surface area contributed by atoms with Crippen molar-refractivity contribution in [3.05, 3.63) is 169 Å². The standard InChI is InChI=1S/C38H32P2.2C5H10O2.Ru/c1-29-17-15-27-35(39(31-19-7-3-8-20-31)32-21-9-4-10-22-32)37(29)38-30(2)18-16-28-36(38)40(33-23-11-5-12-24-33)34-25-13-6-14-26-34;2*1-5(2,3)4(6)7;/h3-28H,1-2H3;2*1-3H3,(H,6,7);/q;;;+2/p-2. The van der Waals surface area contributed by atoms with Crippen LogP contribution in [-0.4, -0.2) is 11.9 Å². The van der Waals surface area contributed by atoms with Gasteiger partial charge >= 0.3 is 19.5 Å². The van der Waals surface area contributed by atoms with Gasteiger partial charge in [-0.25, -0.2) is 0 Å². The number of hydrogen-bond acceptors (Lipinski definition) is 4. The average molecular weight is 854 g/mol. The van der Waals surface area contributed by atoms with Gasteiger partial charge in [-0.15, -0.1) is 0 Å². The molecule has 0 aliphatic rings. The van der Waals surface area contributed by atoms with Gasteiger partial charge in [-0.2, -0.15) is 0 Å². The number of benzene rings is 6. The SMILES string of the molecule is CC(C)(C)C(=O)[O-].CC(C)(C)C(=O)[O-].Cc1cccc(P(c2ccccc2)c2ccccc2)c1-c1c(C)cccc1P(c1ccccc1)c1ccccc1.[Ru+2]. The minimum Gasteiger partial charge on any atom is -0.550 e. The zero-order valence-corrected chi connectivity index (χ0v) is 36.4. The third-order valence-corrected chi connectivity index (χ3v) is 13.5. The minimum atomic E-state index is -1.01. The third kappa shape index (κ3) is 12.4. The van der Waals surface area contributed by atoms with Crippen LogP contribution >= 0.6 is 15.8 Å². The van der Waals surface area contributed by atoms with Crippen LogP contribution in [0.2, 0.25) is 0 Å². The van der Waals surface area contributed by atoms with Crippen LogP contribution in [0.3, 0.4) is 0 Å². The van der Waals surface area contributed by atoms with Crippen LogP contribution in [0.25, 0.3) is 11.1 Å². The molecule has 0 saturated carbocycles. The second-order valence-electron chi connectivity index (χ2n) is 15.0. The Bertz CT molecular complexity index is 1880. The maximum Gasteiger partial charge on any atom is 2.00 e. The Morgan fingerprint density at radius 3 is 0.818 bits per heavy atom. The first-order valence-electron chi connectivity index (χ1n) is 18.0. The number of rotatable bonds is 7. The van der Waals surface area contributed by atoms with Crippen molar-refractivity contribution in [2.24, 2.45) is 10.8 Å². The Morgan fingerprint density at radius 2 is 0.618 bits per heavy atom. The number of hydrogen-bond donors (Lipinski definition) is 0. The molecule has 0 atom stereocenters. The Balaban J connectivity index is 0.000000463. The maximum absolute atomic E-state index is 9.91. The summed E-state index contributed by atoms with van der Waals surface area (Å²) in [5, 5.41) is 28.1. The van der Waals surface area contributed by atoms with Crippen molar-refractivity contribution < 1.29 is 39.3 Å². The molecule has 6 aromatic carbocycles. The number of carboxylic acids is 2. The predicted octanol–water partition coefficient (Wildman–Crippen LogP) is 7.05. The fraction of sp³-hybridized carbons (Fsp3) is 0.208. The zero-order chi connectivity index (χ0) is 39.5. The topological polar surface area (TPSA) is 80.3 Å². The molecular formula is C48H50O4P2Ru. The van der Waals surface area contributed by atoms with E-state index in [1.54, 1.807) is 41.5 Å². The van der Waals surface area contributed by atoms with Gasteiger partial charge in [0.05, 0.1) is 0 Å². The van der Waals surface area contributed by atoms with Crippen LogP contribution in [0, 0.1) is 24.7 Å². The largest absolute Gasteiger partial charge is 2.00 e. The Hall–Kier alpha value is -4.26. The number of carbonyl (C=O) groups excluding carboxylic acids is 2. The minimum absolute atomic E-state index is 0. The quantitative estimate of drug-likeness (QED) is 0.128. The molecule has 0 spiro atoms. The van der Waals surface area contributed by atoms with Gasteiger partial charge in [-0.3, -0.25) is 0 Å². The van der Waals surface area contributed by atoms with Crippen LogP contribution in [0.15, 0.2) is 158 Å². The molecule has 0 aromatic heterocycles. The molecule has 0 aliphatic heterocycles. The molecular weight excluding hydrogens is 804 g/mol. The van der Waals surface area contributed by atoms with Crippen LogP contribution in [-0.2, 0) is 29.1 Å². The summed E-state index contributed by atoms with van der Waals surface area (Å²) in [7, 11) is -1.50. The van der Waals surface area contributed by atoms with Gasteiger partial charge in [0.1, 0.15) is 0 Å². The molecule has 0 aliphatic carbocycles. The van der Waals surface area contributed by atoms with Gasteiger partial charge in [0, 0.05) is 22.8 Å². The van der Waals surface area contributed by atoms with Gasteiger partial charge in [0.15, 0.2) is 0 Å². The molecule has 4 nitrogen and oxygen atoms in total. The summed E-state index contributed by atoms with van der Waals surface area (Å²) in [6.45, 7) is 14.2. The molecule has 0 N–H and O–H groups in total. The second-order valence-corrected chi connectivity index (χ2v) is 19.4. The Morgan fingerprint density at radius 1 is 0.400 bits per heavy atom. The summed E-state index contributed by atoms with van der Waals surface area (Å²) in [6, 6.07) is 58.0. The van der Waals surface area contributed by atoms with E-state index in [2.05, 4.69) is 172 Å². The van der Waals surface area contributed by atoms with E-state index in [-0.39, 0.29) is 19.5 Å². The Labute approximate surface area is 343 Å². The maximum atomic E-state index is 9.91. The van der Waals surface area contributed by atoms with Gasteiger partial charge in [0.2, 0.25) is 0 Å². The van der Waals surface area contributed by atoms with E-state index in [0.717, 1.165) is 0 Å². The molecule has 7 heteroatoms. The van der Waals surface area contributed by atoms with E-state index in [1.165, 1.54) is 54.1 Å². The Kier molecular flexibility index (Phi) is 16.9. The summed E-state index contributed by atoms with van der Waals surface area (Å²) in [6.07, 6.45) is 0. The molecule has 284 valence electrons. The molecule has 0 bridgehead atoms. The summed E-state index contributed by atoms with van der Waals surface area (Å²) in [5.74, 6) is -2.01. The summed E-state index contributed by atoms with van der Waals surface area (Å²) in [5.41, 5.74) is 4.02. The molecule has 0 radical (unpaired) electrons. The van der Waals surface area contributed by atoms with Crippen molar-refractivity contribution >= 4 is 59.6 Å². The summed E-state index contributed by atoms with van der Waals surface area (Å²) < 4.78 is 0. The van der Waals surface area contributed by atoms with E-state index in [1.807, 2.05) is 0 Å². The van der Waals surface area contributed by atoms with E-state index >= 15 is 0 Å². The predicted molar refractivity (Wildman–Crippen MR) is 228 cm³/mol. The van der Waals surface area contributed by atoms with Crippen molar-refractivity contribution in [2.45, 2.75) is 55.4 Å². The van der Waals surface area contributed by atoms with E-state index < -0.39 is 38.6 Å². The number of aliphatic carboxylic acids is 2. The normalized spacial score (nSPS) is 11.0. The second kappa shape index (κ2) is 20.6. The molecule has 0 amide bonds. The van der Waals surface area contributed by atoms with Crippen molar-refractivity contribution in [3.63, 3.8) is 0 Å². The molecule has 55 heavy (non-hydrogen) atoms. The fourth-order valence-electron chi connectivity index (χ4n) is 5.49. The molecule has 0 unspecified atom stereocenters. The first-order valence-corrected chi connectivity index (χ1v) is 20.7. The molecule has 0 heterocycles. The summed E-state index contributed by atoms with van der Waals surface area (Å²) in [4.78, 5) is 19.8. The molecule has 0 fully saturated rings. The van der Waals surface area contributed by atoms with Crippen molar-refractivity contribution in [1.29, 1.82) is 0 Å². The fourth-order valence-corrected chi connectivity index (χ4v) is 10.6. The molecule has 6 rings (SSSR count). The summed E-state index contributed by atoms with van der Waals surface area (Å²) >= 11 is 0. The monoisotopic (exact) mass is 854 g/mol. The average Bonchev–Trinajstić information content (AvgIpc) is 3.14. The number of carboxylic acid groups (broad SMARTS) is 2. The van der Waals surface area contributed by atoms with E-state index in [4.69, 9.17) is 0 Å². The van der Waals surface area contributed by atoms with Crippen LogP contribution in [0.1, 0.15) is 52.7 Å². The number of carbonyl (C=O) groups is 2. The zero-order valence-electron chi connectivity index (χ0n) is 32.9. The van der Waals surface area contributed by atoms with Gasteiger partial charge in [0.25, 0.3) is 0 Å². The molecule has 0 saturated heterocycles. The van der Waals surface area contributed by atoms with Crippen LogP contribution < -0.4 is 42.0 Å². The van der Waals surface area contributed by atoms with Crippen molar-refractivity contribution in [2.75, 3.05) is 0 Å². The van der Waals surface area contributed by atoms with Crippen molar-refractivity contribution in [1.82, 2.24) is 0 Å². The number of aryl methyl sites for hydroxylation is 2. The smallest absolute Gasteiger partial charge is 0.550 e. The van der Waals surface area contributed by atoms with Gasteiger partial charge in [-0.05, 0) is 83.8 Å². The first kappa shape index (κ1) is 45.1. The van der Waals surface area contributed by atoms with Crippen molar-refractivity contribution in [3.8, 4) is 11.1 Å². The van der Waals surface area contributed by atoms with E-state index in [9.17, 15) is 19.8 Å². The third-order valence-electron chi connectivity index (χ3n) is 8.52. The molecule has 6 aromatic rings. The first-order chi connectivity index (χ1) is 25.6. The van der Waals surface area contributed by atoms with E-state index in [0.29, 0.717) is 0 Å². The van der Waals surface area contributed by atoms with Crippen LogP contribution in [0.4, 0.5) is 0 Å². The van der Waals surface area contributed by atoms with Gasteiger partial charge in [-0.1, -0.05) is 199 Å². The van der Waals surface area contributed by atoms with Crippen LogP contribution in [0.5, 0.6) is 0 Å².